The van der Waals surface area contributed by atoms with Crippen molar-refractivity contribution in [2.24, 2.45) is 0 Å². The monoisotopic (exact) mass is 399 g/mol. The van der Waals surface area contributed by atoms with Gasteiger partial charge in [0.2, 0.25) is 10.0 Å². The maximum Gasteiger partial charge on any atom is 0.337 e. The number of β-amino-alcohol motifs (C(OH)–C–C–N with tert-alkyl or cyclic N) is 2. The topological polar surface area (TPSA) is 115 Å². The molecule has 2 rings (SSSR count). The van der Waals surface area contributed by atoms with E-state index in [1.165, 1.54) is 6.07 Å². The van der Waals surface area contributed by atoms with Gasteiger partial charge in [-0.1, -0.05) is 11.6 Å². The first-order chi connectivity index (χ1) is 9.64. The highest BCUT2D eigenvalue weighted by atomic mass is 79.9. The van der Waals surface area contributed by atoms with E-state index in [2.05, 4.69) is 15.9 Å². The standard InChI is InChI=1S/C11H11BrClNO6S/c12-7-2-5(1-6(10(7)13)11(17)18)21(19,20)14-3-8(15)9(16)4-14/h1-2,8-9,15-16H,3-4H2,(H,17,18)/t8-,9+. The van der Waals surface area contributed by atoms with Gasteiger partial charge in [-0.05, 0) is 28.1 Å². The van der Waals surface area contributed by atoms with Crippen LogP contribution in [0.4, 0.5) is 0 Å². The van der Waals surface area contributed by atoms with E-state index >= 15 is 0 Å². The van der Waals surface area contributed by atoms with Crippen molar-refractivity contribution in [3.63, 3.8) is 0 Å². The summed E-state index contributed by atoms with van der Waals surface area (Å²) in [5.41, 5.74) is -0.357. The Morgan fingerprint density at radius 3 is 2.29 bits per heavy atom. The van der Waals surface area contributed by atoms with E-state index in [1.54, 1.807) is 0 Å². The number of hydrogen-bond acceptors (Lipinski definition) is 5. The van der Waals surface area contributed by atoms with Crippen LogP contribution in [-0.2, 0) is 10.0 Å². The molecule has 1 aliphatic rings. The molecular formula is C11H11BrClNO6S. The fraction of sp³-hybridized carbons (Fsp3) is 0.364. The summed E-state index contributed by atoms with van der Waals surface area (Å²) in [6.07, 6.45) is -2.34. The van der Waals surface area contributed by atoms with Crippen LogP contribution in [-0.4, -0.2) is 59.3 Å². The Hall–Kier alpha value is -0.710. The molecule has 0 aromatic heterocycles. The van der Waals surface area contributed by atoms with E-state index in [4.69, 9.17) is 16.7 Å². The molecule has 1 heterocycles. The summed E-state index contributed by atoms with van der Waals surface area (Å²) in [4.78, 5) is 10.8. The zero-order chi connectivity index (χ0) is 15.9. The number of sulfonamides is 1. The highest BCUT2D eigenvalue weighted by Crippen LogP contribution is 2.32. The van der Waals surface area contributed by atoms with Gasteiger partial charge in [0.1, 0.15) is 0 Å². The molecule has 0 aliphatic carbocycles. The number of rotatable bonds is 3. The molecule has 1 fully saturated rings. The van der Waals surface area contributed by atoms with Gasteiger partial charge in [-0.3, -0.25) is 0 Å². The first kappa shape index (κ1) is 16.7. The molecular weight excluding hydrogens is 390 g/mol. The molecule has 3 N–H and O–H groups in total. The Bertz CT molecular complexity index is 684. The Balaban J connectivity index is 2.49. The van der Waals surface area contributed by atoms with Gasteiger partial charge < -0.3 is 15.3 Å². The molecule has 1 aromatic rings. The van der Waals surface area contributed by atoms with Crippen molar-refractivity contribution in [3.05, 3.63) is 27.2 Å². The van der Waals surface area contributed by atoms with E-state index in [-0.39, 0.29) is 33.0 Å². The molecule has 2 atom stereocenters. The molecule has 0 saturated carbocycles. The number of carboxylic acid groups (broad SMARTS) is 1. The second kappa shape index (κ2) is 5.82. The Morgan fingerprint density at radius 2 is 1.81 bits per heavy atom. The van der Waals surface area contributed by atoms with Crippen molar-refractivity contribution in [1.29, 1.82) is 0 Å². The highest BCUT2D eigenvalue weighted by Gasteiger charge is 2.38. The van der Waals surface area contributed by atoms with Crippen LogP contribution in [0.3, 0.4) is 0 Å². The van der Waals surface area contributed by atoms with Crippen LogP contribution in [0, 0.1) is 0 Å². The van der Waals surface area contributed by atoms with Crippen LogP contribution in [0.5, 0.6) is 0 Å². The van der Waals surface area contributed by atoms with E-state index in [0.29, 0.717) is 0 Å². The minimum Gasteiger partial charge on any atom is -0.478 e. The third-order valence-corrected chi connectivity index (χ3v) is 6.17. The second-order valence-electron chi connectivity index (χ2n) is 4.53. The lowest BCUT2D eigenvalue weighted by atomic mass is 10.2. The molecule has 116 valence electrons. The van der Waals surface area contributed by atoms with E-state index in [9.17, 15) is 23.4 Å². The van der Waals surface area contributed by atoms with Crippen molar-refractivity contribution in [2.75, 3.05) is 13.1 Å². The van der Waals surface area contributed by atoms with Gasteiger partial charge in [0, 0.05) is 17.6 Å². The Labute approximate surface area is 133 Å². The third kappa shape index (κ3) is 3.08. The summed E-state index contributed by atoms with van der Waals surface area (Å²) in [6.45, 7) is -0.516. The number of aliphatic hydroxyl groups is 2. The molecule has 1 saturated heterocycles. The maximum atomic E-state index is 12.4. The molecule has 1 aromatic carbocycles. The van der Waals surface area contributed by atoms with Gasteiger partial charge in [0.25, 0.3) is 0 Å². The van der Waals surface area contributed by atoms with Crippen molar-refractivity contribution < 1.29 is 28.5 Å². The summed E-state index contributed by atoms with van der Waals surface area (Å²) >= 11 is 8.81. The molecule has 0 spiro atoms. The van der Waals surface area contributed by atoms with E-state index in [0.717, 1.165) is 10.4 Å². The predicted octanol–water partition coefficient (Wildman–Crippen LogP) is 0.527. The quantitative estimate of drug-likeness (QED) is 0.682. The minimum atomic E-state index is -4.04. The number of hydrogen-bond donors (Lipinski definition) is 3. The van der Waals surface area contributed by atoms with Crippen LogP contribution < -0.4 is 0 Å². The molecule has 0 amide bonds. The number of carboxylic acids is 1. The van der Waals surface area contributed by atoms with E-state index < -0.39 is 28.2 Å². The number of nitrogens with zero attached hydrogens (tertiary/aromatic N) is 1. The fourth-order valence-electron chi connectivity index (χ4n) is 1.95. The van der Waals surface area contributed by atoms with Crippen molar-refractivity contribution >= 4 is 43.5 Å². The normalized spacial score (nSPS) is 23.4. The van der Waals surface area contributed by atoms with Crippen LogP contribution in [0.2, 0.25) is 5.02 Å². The zero-order valence-corrected chi connectivity index (χ0v) is 13.6. The lowest BCUT2D eigenvalue weighted by Crippen LogP contribution is -2.30. The van der Waals surface area contributed by atoms with E-state index in [1.807, 2.05) is 0 Å². The number of carbonyl (C=O) groups is 1. The first-order valence-electron chi connectivity index (χ1n) is 5.73. The first-order valence-corrected chi connectivity index (χ1v) is 8.34. The second-order valence-corrected chi connectivity index (χ2v) is 7.70. The predicted molar refractivity (Wildman–Crippen MR) is 76.9 cm³/mol. The average molecular weight is 401 g/mol. The molecule has 10 heteroatoms. The molecule has 0 radical (unpaired) electrons. The minimum absolute atomic E-state index is 0.108. The van der Waals surface area contributed by atoms with Crippen LogP contribution in [0.1, 0.15) is 10.4 Å². The molecule has 7 nitrogen and oxygen atoms in total. The largest absolute Gasteiger partial charge is 0.478 e. The SMILES string of the molecule is O=C(O)c1cc(S(=O)(=O)N2C[C@@H](O)[C@@H](O)C2)cc(Br)c1Cl. The number of aromatic carboxylic acids is 1. The highest BCUT2D eigenvalue weighted by molar-refractivity contribution is 9.10. The lowest BCUT2D eigenvalue weighted by molar-refractivity contribution is 0.0572. The molecule has 0 unspecified atom stereocenters. The third-order valence-electron chi connectivity index (χ3n) is 3.10. The van der Waals surface area contributed by atoms with Crippen molar-refractivity contribution in [3.8, 4) is 0 Å². The zero-order valence-electron chi connectivity index (χ0n) is 10.4. The molecule has 1 aliphatic heterocycles. The smallest absolute Gasteiger partial charge is 0.337 e. The fourth-order valence-corrected chi connectivity index (χ4v) is 4.28. The number of aliphatic hydroxyl groups excluding tert-OH is 2. The maximum absolute atomic E-state index is 12.4. The summed E-state index contributed by atoms with van der Waals surface area (Å²) in [5, 5.41) is 27.8. The van der Waals surface area contributed by atoms with Crippen LogP contribution in [0.25, 0.3) is 0 Å². The van der Waals surface area contributed by atoms with Crippen molar-refractivity contribution in [2.45, 2.75) is 17.1 Å². The number of benzene rings is 1. The van der Waals surface area contributed by atoms with Gasteiger partial charge in [-0.2, -0.15) is 4.31 Å². The van der Waals surface area contributed by atoms with Gasteiger partial charge in [-0.15, -0.1) is 0 Å². The average Bonchev–Trinajstić information content (AvgIpc) is 2.73. The van der Waals surface area contributed by atoms with Crippen molar-refractivity contribution in [1.82, 2.24) is 4.31 Å². The molecule has 0 bridgehead atoms. The lowest BCUT2D eigenvalue weighted by Gasteiger charge is -2.16. The summed E-state index contributed by atoms with van der Waals surface area (Å²) in [5.74, 6) is -1.36. The van der Waals surface area contributed by atoms with Gasteiger partial charge in [0.05, 0.1) is 27.7 Å². The van der Waals surface area contributed by atoms with Gasteiger partial charge >= 0.3 is 5.97 Å². The Kier molecular flexibility index (Phi) is 4.62. The van der Waals surface area contributed by atoms with Gasteiger partial charge in [-0.25, -0.2) is 13.2 Å². The summed E-state index contributed by atoms with van der Waals surface area (Å²) in [7, 11) is -4.04. The van der Waals surface area contributed by atoms with Crippen LogP contribution in [0.15, 0.2) is 21.5 Å². The summed E-state index contributed by atoms with van der Waals surface area (Å²) in [6, 6.07) is 2.13. The molecule has 21 heavy (non-hydrogen) atoms. The van der Waals surface area contributed by atoms with Crippen LogP contribution >= 0.6 is 27.5 Å². The Morgan fingerprint density at radius 1 is 1.29 bits per heavy atom. The number of halogens is 2. The van der Waals surface area contributed by atoms with Gasteiger partial charge in [0.15, 0.2) is 0 Å². The summed E-state index contributed by atoms with van der Waals surface area (Å²) < 4.78 is 25.8.